The number of hydrogen-bond donors (Lipinski definition) is 1. The molecule has 0 unspecified atom stereocenters. The number of likely N-dealkylation sites (tertiary alicyclic amines) is 1. The van der Waals surface area contributed by atoms with Crippen LogP contribution in [0, 0.1) is 5.92 Å². The van der Waals surface area contributed by atoms with Crippen LogP contribution in [0.4, 0.5) is 0 Å². The van der Waals surface area contributed by atoms with Crippen molar-refractivity contribution in [3.8, 4) is 0 Å². The minimum absolute atomic E-state index is 0.105. The van der Waals surface area contributed by atoms with E-state index in [1.165, 1.54) is 0 Å². The van der Waals surface area contributed by atoms with Gasteiger partial charge >= 0.3 is 0 Å². The summed E-state index contributed by atoms with van der Waals surface area (Å²) in [6.07, 6.45) is 5.94. The first kappa shape index (κ1) is 20.2. The molecule has 1 aromatic carbocycles. The molecule has 3 heterocycles. The molecule has 8 nitrogen and oxygen atoms in total. The SMILES string of the molecule is O=C(C1CCCC1)N1CCC(c2nc3c(nnn3Cc3ccccc3Cl)c(=O)[nH]2)CC1. The zero-order valence-corrected chi connectivity index (χ0v) is 18.0. The molecule has 162 valence electrons. The minimum Gasteiger partial charge on any atom is -0.342 e. The van der Waals surface area contributed by atoms with E-state index in [4.69, 9.17) is 16.6 Å². The van der Waals surface area contributed by atoms with E-state index in [0.29, 0.717) is 42.0 Å². The molecule has 3 aromatic rings. The van der Waals surface area contributed by atoms with E-state index in [9.17, 15) is 9.59 Å². The van der Waals surface area contributed by atoms with Crippen molar-refractivity contribution in [2.24, 2.45) is 5.92 Å². The number of rotatable bonds is 4. The van der Waals surface area contributed by atoms with Crippen LogP contribution in [-0.4, -0.2) is 48.9 Å². The van der Waals surface area contributed by atoms with E-state index >= 15 is 0 Å². The topological polar surface area (TPSA) is 96.8 Å². The Morgan fingerprint density at radius 2 is 1.87 bits per heavy atom. The summed E-state index contributed by atoms with van der Waals surface area (Å²) in [5.74, 6) is 1.26. The molecule has 1 N–H and O–H groups in total. The summed E-state index contributed by atoms with van der Waals surface area (Å²) in [4.78, 5) is 34.9. The molecule has 1 saturated carbocycles. The highest BCUT2D eigenvalue weighted by Crippen LogP contribution is 2.30. The van der Waals surface area contributed by atoms with Crippen LogP contribution >= 0.6 is 11.6 Å². The lowest BCUT2D eigenvalue weighted by Gasteiger charge is -2.33. The van der Waals surface area contributed by atoms with Crippen LogP contribution in [0.2, 0.25) is 5.02 Å². The third-order valence-electron chi connectivity index (χ3n) is 6.57. The van der Waals surface area contributed by atoms with Gasteiger partial charge in [0.15, 0.2) is 11.2 Å². The number of amides is 1. The van der Waals surface area contributed by atoms with Gasteiger partial charge in [-0.1, -0.05) is 47.9 Å². The number of carbonyl (C=O) groups is 1. The van der Waals surface area contributed by atoms with Crippen molar-refractivity contribution in [2.75, 3.05) is 13.1 Å². The first-order valence-electron chi connectivity index (χ1n) is 11.0. The van der Waals surface area contributed by atoms with Crippen LogP contribution in [0.3, 0.4) is 0 Å². The van der Waals surface area contributed by atoms with Crippen molar-refractivity contribution in [3.63, 3.8) is 0 Å². The van der Waals surface area contributed by atoms with Crippen LogP contribution in [0.1, 0.15) is 55.8 Å². The lowest BCUT2D eigenvalue weighted by Crippen LogP contribution is -2.41. The van der Waals surface area contributed by atoms with Gasteiger partial charge in [0.1, 0.15) is 5.82 Å². The number of benzene rings is 1. The molecule has 2 aromatic heterocycles. The highest BCUT2D eigenvalue weighted by atomic mass is 35.5. The first-order chi connectivity index (χ1) is 15.1. The summed E-state index contributed by atoms with van der Waals surface area (Å²) in [6.45, 7) is 1.80. The zero-order chi connectivity index (χ0) is 21.4. The van der Waals surface area contributed by atoms with E-state index in [-0.39, 0.29) is 22.9 Å². The highest BCUT2D eigenvalue weighted by Gasteiger charge is 2.31. The smallest absolute Gasteiger partial charge is 0.281 e. The molecule has 0 atom stereocenters. The Hall–Kier alpha value is -2.74. The Bertz CT molecular complexity index is 1160. The number of nitrogens with one attached hydrogen (secondary N) is 1. The van der Waals surface area contributed by atoms with Crippen LogP contribution in [-0.2, 0) is 11.3 Å². The first-order valence-corrected chi connectivity index (χ1v) is 11.3. The molecule has 31 heavy (non-hydrogen) atoms. The van der Waals surface area contributed by atoms with Crippen LogP contribution in [0.25, 0.3) is 11.2 Å². The normalized spacial score (nSPS) is 18.2. The standard InChI is InChI=1S/C22H25ClN6O2/c23-17-8-4-3-7-16(17)13-29-20-18(26-27-29)21(30)25-19(24-20)14-9-11-28(12-10-14)22(31)15-5-1-2-6-15/h3-4,7-8,14-15H,1-2,5-6,9-13H2,(H,24,25,30). The Balaban J connectivity index is 1.35. The number of fused-ring (bicyclic) bond motifs is 1. The van der Waals surface area contributed by atoms with Gasteiger partial charge in [-0.25, -0.2) is 9.67 Å². The van der Waals surface area contributed by atoms with E-state index in [2.05, 4.69) is 15.3 Å². The van der Waals surface area contributed by atoms with Crippen molar-refractivity contribution in [1.29, 1.82) is 0 Å². The predicted molar refractivity (Wildman–Crippen MR) is 117 cm³/mol. The van der Waals surface area contributed by atoms with Crippen LogP contribution in [0.5, 0.6) is 0 Å². The van der Waals surface area contributed by atoms with Crippen molar-refractivity contribution in [1.82, 2.24) is 29.9 Å². The molecular formula is C22H25ClN6O2. The number of H-pyrrole nitrogens is 1. The average Bonchev–Trinajstić information content (AvgIpc) is 3.46. The Morgan fingerprint density at radius 1 is 1.13 bits per heavy atom. The lowest BCUT2D eigenvalue weighted by atomic mass is 9.94. The lowest BCUT2D eigenvalue weighted by molar-refractivity contribution is -0.136. The van der Waals surface area contributed by atoms with Gasteiger partial charge in [0, 0.05) is 29.9 Å². The fourth-order valence-electron chi connectivity index (χ4n) is 4.78. The van der Waals surface area contributed by atoms with Gasteiger partial charge in [-0.2, -0.15) is 0 Å². The Labute approximate surface area is 184 Å². The third-order valence-corrected chi connectivity index (χ3v) is 6.94. The molecule has 1 amide bonds. The van der Waals surface area contributed by atoms with Crippen LogP contribution in [0.15, 0.2) is 29.1 Å². The van der Waals surface area contributed by atoms with Crippen molar-refractivity contribution in [2.45, 2.75) is 51.0 Å². The summed E-state index contributed by atoms with van der Waals surface area (Å²) >= 11 is 6.28. The summed E-state index contributed by atoms with van der Waals surface area (Å²) in [6, 6.07) is 7.52. The van der Waals surface area contributed by atoms with E-state index in [1.807, 2.05) is 29.2 Å². The molecule has 0 bridgehead atoms. The number of nitrogens with zero attached hydrogens (tertiary/aromatic N) is 5. The van der Waals surface area contributed by atoms with Gasteiger partial charge in [-0.05, 0) is 37.3 Å². The maximum absolute atomic E-state index is 12.7. The number of hydrogen-bond acceptors (Lipinski definition) is 5. The predicted octanol–water partition coefficient (Wildman–Crippen LogP) is 3.11. The molecule has 1 aliphatic heterocycles. The van der Waals surface area contributed by atoms with Gasteiger partial charge < -0.3 is 9.88 Å². The maximum atomic E-state index is 12.7. The van der Waals surface area contributed by atoms with Gasteiger partial charge in [-0.3, -0.25) is 9.59 Å². The van der Waals surface area contributed by atoms with Gasteiger partial charge in [0.25, 0.3) is 5.56 Å². The molecule has 0 spiro atoms. The third kappa shape index (κ3) is 3.96. The maximum Gasteiger partial charge on any atom is 0.281 e. The molecule has 2 aliphatic rings. The molecule has 1 aliphatic carbocycles. The van der Waals surface area contributed by atoms with Crippen molar-refractivity contribution in [3.05, 3.63) is 51.0 Å². The summed E-state index contributed by atoms with van der Waals surface area (Å²) in [5.41, 5.74) is 1.29. The fourth-order valence-corrected chi connectivity index (χ4v) is 4.97. The van der Waals surface area contributed by atoms with Gasteiger partial charge in [-0.15, -0.1) is 5.10 Å². The van der Waals surface area contributed by atoms with Crippen molar-refractivity contribution >= 4 is 28.7 Å². The molecular weight excluding hydrogens is 416 g/mol. The van der Waals surface area contributed by atoms with Gasteiger partial charge in [0.2, 0.25) is 5.91 Å². The largest absolute Gasteiger partial charge is 0.342 e. The van der Waals surface area contributed by atoms with Crippen molar-refractivity contribution < 1.29 is 4.79 Å². The molecule has 1 saturated heterocycles. The van der Waals surface area contributed by atoms with Crippen LogP contribution < -0.4 is 5.56 Å². The highest BCUT2D eigenvalue weighted by molar-refractivity contribution is 6.31. The Morgan fingerprint density at radius 3 is 2.61 bits per heavy atom. The van der Waals surface area contributed by atoms with Gasteiger partial charge in [0.05, 0.1) is 6.54 Å². The average molecular weight is 441 g/mol. The number of aromatic nitrogens is 5. The van der Waals surface area contributed by atoms with E-state index in [1.54, 1.807) is 4.68 Å². The molecule has 9 heteroatoms. The number of halogens is 1. The van der Waals surface area contributed by atoms with E-state index in [0.717, 1.165) is 44.1 Å². The molecule has 2 fully saturated rings. The monoisotopic (exact) mass is 440 g/mol. The molecule has 5 rings (SSSR count). The minimum atomic E-state index is -0.283. The van der Waals surface area contributed by atoms with E-state index < -0.39 is 0 Å². The second-order valence-electron chi connectivity index (χ2n) is 8.54. The second-order valence-corrected chi connectivity index (χ2v) is 8.95. The quantitative estimate of drug-likeness (QED) is 0.672. The summed E-state index contributed by atoms with van der Waals surface area (Å²) in [5, 5.41) is 8.79. The molecule has 0 radical (unpaired) electrons. The summed E-state index contributed by atoms with van der Waals surface area (Å²) in [7, 11) is 0. The number of carbonyl (C=O) groups excluding carboxylic acids is 1. The fraction of sp³-hybridized carbons (Fsp3) is 0.500. The number of aromatic amines is 1. The summed E-state index contributed by atoms with van der Waals surface area (Å²) < 4.78 is 1.62. The zero-order valence-electron chi connectivity index (χ0n) is 17.3. The number of piperidine rings is 1. The second kappa shape index (κ2) is 8.42. The Kier molecular flexibility index (Phi) is 5.48.